The molecule has 0 spiro atoms. The molecule has 1 aliphatic heterocycles. The zero-order chi connectivity index (χ0) is 36.8. The number of unbranched alkanes of at least 4 members (excludes halogenated alkanes) is 3. The summed E-state index contributed by atoms with van der Waals surface area (Å²) < 4.78 is 12.3. The molecule has 1 saturated heterocycles. The van der Waals surface area contributed by atoms with Crippen LogP contribution in [0, 0.1) is 0 Å². The van der Waals surface area contributed by atoms with E-state index in [2.05, 4.69) is 29.4 Å². The first-order valence-electron chi connectivity index (χ1n) is 18.2. The maximum atomic E-state index is 13.9. The first-order chi connectivity index (χ1) is 24.5. The van der Waals surface area contributed by atoms with Crippen LogP contribution < -0.4 is 10.6 Å². The Morgan fingerprint density at radius 1 is 0.902 bits per heavy atom. The van der Waals surface area contributed by atoms with Gasteiger partial charge in [-0.2, -0.15) is 0 Å². The molecule has 2 aromatic heterocycles. The van der Waals surface area contributed by atoms with E-state index < -0.39 is 17.6 Å². The van der Waals surface area contributed by atoms with Crippen LogP contribution in [0.25, 0.3) is 16.9 Å². The molecule has 51 heavy (non-hydrogen) atoms. The van der Waals surface area contributed by atoms with E-state index in [1.165, 1.54) is 25.7 Å². The fraction of sp³-hybridized carbons (Fsp3) is 0.475. The van der Waals surface area contributed by atoms with E-state index in [4.69, 9.17) is 19.6 Å². The summed E-state index contributed by atoms with van der Waals surface area (Å²) in [5.41, 5.74) is 3.80. The molecule has 2 amide bonds. The van der Waals surface area contributed by atoms with E-state index in [1.807, 2.05) is 63.2 Å². The van der Waals surface area contributed by atoms with Crippen LogP contribution in [0.3, 0.4) is 0 Å². The highest BCUT2D eigenvalue weighted by molar-refractivity contribution is 6.08. The number of nitrogens with zero attached hydrogens (tertiary/aromatic N) is 4. The van der Waals surface area contributed by atoms with E-state index >= 15 is 0 Å². The minimum absolute atomic E-state index is 0.0317. The van der Waals surface area contributed by atoms with Gasteiger partial charge in [0.2, 0.25) is 0 Å². The Bertz CT molecular complexity index is 1750. The largest absolute Gasteiger partial charge is 0.466 e. The average molecular weight is 699 g/mol. The van der Waals surface area contributed by atoms with Crippen LogP contribution in [0.15, 0.2) is 60.7 Å². The van der Waals surface area contributed by atoms with Crippen LogP contribution in [0.2, 0.25) is 0 Å². The molecule has 274 valence electrons. The van der Waals surface area contributed by atoms with Crippen molar-refractivity contribution in [3.63, 3.8) is 0 Å². The van der Waals surface area contributed by atoms with Crippen molar-refractivity contribution in [2.75, 3.05) is 25.0 Å². The quantitative estimate of drug-likeness (QED) is 0.106. The number of fused-ring (bicyclic) bond motifs is 1. The van der Waals surface area contributed by atoms with Crippen molar-refractivity contribution in [2.24, 2.45) is 0 Å². The Morgan fingerprint density at radius 2 is 1.63 bits per heavy atom. The normalized spacial score (nSPS) is 13.0. The molecule has 2 aromatic carbocycles. The summed E-state index contributed by atoms with van der Waals surface area (Å²) in [5.74, 6) is -0.427. The van der Waals surface area contributed by atoms with Crippen LogP contribution in [-0.4, -0.2) is 62.8 Å². The number of para-hydroxylation sites is 1. The molecule has 1 fully saturated rings. The SMILES string of the molecule is CCCCCC.CCOC(=O)Cc1ccccc1NC(=O)c1nc(-c2cccc(CNC(=O)OC(C)(C)C)c2)nn2c(CN3CCCC3)ccc12. The summed E-state index contributed by atoms with van der Waals surface area (Å²) in [6.45, 7) is 14.9. The highest BCUT2D eigenvalue weighted by atomic mass is 16.6. The van der Waals surface area contributed by atoms with E-state index in [9.17, 15) is 14.4 Å². The van der Waals surface area contributed by atoms with Crippen LogP contribution in [0.4, 0.5) is 10.5 Å². The molecule has 11 nitrogen and oxygen atoms in total. The lowest BCUT2D eigenvalue weighted by Crippen LogP contribution is -2.32. The number of alkyl carbamates (subject to hydrolysis) is 1. The molecular formula is C40H54N6O5. The number of ether oxygens (including phenoxy) is 2. The maximum absolute atomic E-state index is 13.9. The van der Waals surface area contributed by atoms with Crippen LogP contribution >= 0.6 is 0 Å². The van der Waals surface area contributed by atoms with Crippen LogP contribution in [0.1, 0.15) is 107 Å². The van der Waals surface area contributed by atoms with Crippen molar-refractivity contribution >= 4 is 29.2 Å². The topological polar surface area (TPSA) is 127 Å². The number of nitrogens with one attached hydrogen (secondary N) is 2. The van der Waals surface area contributed by atoms with E-state index in [0.29, 0.717) is 34.7 Å². The molecule has 5 rings (SSSR count). The predicted octanol–water partition coefficient (Wildman–Crippen LogP) is 7.96. The molecule has 0 aliphatic carbocycles. The number of hydrogen-bond acceptors (Lipinski definition) is 8. The number of hydrogen-bond donors (Lipinski definition) is 2. The third kappa shape index (κ3) is 11.9. The molecule has 11 heteroatoms. The number of likely N-dealkylation sites (tertiary alicyclic amines) is 1. The van der Waals surface area contributed by atoms with E-state index in [0.717, 1.165) is 37.2 Å². The summed E-state index contributed by atoms with van der Waals surface area (Å²) in [4.78, 5) is 45.5. The molecule has 0 bridgehead atoms. The molecule has 3 heterocycles. The molecular weight excluding hydrogens is 644 g/mol. The van der Waals surface area contributed by atoms with Crippen LogP contribution in [0.5, 0.6) is 0 Å². The number of carbonyl (C=O) groups excluding carboxylic acids is 3. The van der Waals surface area contributed by atoms with Gasteiger partial charge in [0.25, 0.3) is 5.91 Å². The second kappa shape index (κ2) is 19.0. The molecule has 0 radical (unpaired) electrons. The predicted molar refractivity (Wildman–Crippen MR) is 201 cm³/mol. The third-order valence-electron chi connectivity index (χ3n) is 8.27. The highest BCUT2D eigenvalue weighted by Crippen LogP contribution is 2.24. The van der Waals surface area contributed by atoms with Crippen molar-refractivity contribution in [1.29, 1.82) is 0 Å². The van der Waals surface area contributed by atoms with Crippen molar-refractivity contribution in [1.82, 2.24) is 24.8 Å². The van der Waals surface area contributed by atoms with Gasteiger partial charge in [0.15, 0.2) is 11.5 Å². The zero-order valence-corrected chi connectivity index (χ0v) is 31.1. The molecule has 2 N–H and O–H groups in total. The number of anilines is 1. The van der Waals surface area contributed by atoms with Gasteiger partial charge in [-0.15, -0.1) is 5.10 Å². The number of benzene rings is 2. The Balaban J connectivity index is 0.000000894. The number of carbonyl (C=O) groups is 3. The number of amides is 2. The first kappa shape index (κ1) is 39.0. The second-order valence-corrected chi connectivity index (χ2v) is 13.7. The smallest absolute Gasteiger partial charge is 0.407 e. The number of esters is 1. The van der Waals surface area contributed by atoms with Crippen molar-refractivity contribution in [3.05, 3.63) is 83.2 Å². The fourth-order valence-electron chi connectivity index (χ4n) is 5.78. The summed E-state index contributed by atoms with van der Waals surface area (Å²) in [7, 11) is 0. The Morgan fingerprint density at radius 3 is 2.31 bits per heavy atom. The summed E-state index contributed by atoms with van der Waals surface area (Å²) in [5, 5.41) is 10.6. The average Bonchev–Trinajstić information content (AvgIpc) is 3.77. The van der Waals surface area contributed by atoms with Gasteiger partial charge in [0, 0.05) is 24.3 Å². The van der Waals surface area contributed by atoms with Gasteiger partial charge in [0.05, 0.1) is 24.2 Å². The standard InChI is InChI=1S/C34H40N6O5.C6H14/c1-5-44-29(41)20-24-12-6-7-14-27(24)36-32(42)30-28-16-15-26(22-39-17-8-9-18-39)40(28)38-31(37-30)25-13-10-11-23(19-25)21-35-33(43)45-34(2,3)4;1-3-5-6-4-2/h6-7,10-16,19H,5,8-9,17-18,20-22H2,1-4H3,(H,35,43)(H,36,42);3-6H2,1-2H3. The lowest BCUT2D eigenvalue weighted by molar-refractivity contribution is -0.142. The molecule has 0 unspecified atom stereocenters. The maximum Gasteiger partial charge on any atom is 0.407 e. The van der Waals surface area contributed by atoms with Gasteiger partial charge in [-0.25, -0.2) is 14.3 Å². The third-order valence-corrected chi connectivity index (χ3v) is 8.27. The minimum atomic E-state index is -0.602. The lowest BCUT2D eigenvalue weighted by atomic mass is 10.1. The van der Waals surface area contributed by atoms with Crippen LogP contribution in [-0.2, 0) is 33.8 Å². The molecule has 1 aliphatic rings. The minimum Gasteiger partial charge on any atom is -0.466 e. The van der Waals surface area contributed by atoms with Gasteiger partial charge in [-0.1, -0.05) is 75.9 Å². The lowest BCUT2D eigenvalue weighted by Gasteiger charge is -2.19. The highest BCUT2D eigenvalue weighted by Gasteiger charge is 2.22. The molecule has 0 atom stereocenters. The Labute approximate surface area is 302 Å². The van der Waals surface area contributed by atoms with Gasteiger partial charge >= 0.3 is 12.1 Å². The Hall–Kier alpha value is -4.77. The van der Waals surface area contributed by atoms with Gasteiger partial charge in [-0.3, -0.25) is 14.5 Å². The van der Waals surface area contributed by atoms with Gasteiger partial charge < -0.3 is 20.1 Å². The van der Waals surface area contributed by atoms with Crippen molar-refractivity contribution in [2.45, 2.75) is 105 Å². The van der Waals surface area contributed by atoms with E-state index in [-0.39, 0.29) is 31.2 Å². The summed E-state index contributed by atoms with van der Waals surface area (Å²) >= 11 is 0. The first-order valence-corrected chi connectivity index (χ1v) is 18.2. The molecule has 0 saturated carbocycles. The summed E-state index contributed by atoms with van der Waals surface area (Å²) in [6, 6.07) is 18.5. The fourth-order valence-corrected chi connectivity index (χ4v) is 5.78. The number of aromatic nitrogens is 3. The van der Waals surface area contributed by atoms with Gasteiger partial charge in [-0.05, 0) is 89.0 Å². The Kier molecular flexibility index (Phi) is 14.5. The van der Waals surface area contributed by atoms with Crippen molar-refractivity contribution in [3.8, 4) is 11.4 Å². The monoisotopic (exact) mass is 698 g/mol. The number of rotatable bonds is 13. The van der Waals surface area contributed by atoms with E-state index in [1.54, 1.807) is 29.6 Å². The van der Waals surface area contributed by atoms with Gasteiger partial charge in [0.1, 0.15) is 5.60 Å². The second-order valence-electron chi connectivity index (χ2n) is 13.7. The molecule has 4 aromatic rings. The van der Waals surface area contributed by atoms with Crippen molar-refractivity contribution < 1.29 is 23.9 Å². The zero-order valence-electron chi connectivity index (χ0n) is 31.1. The summed E-state index contributed by atoms with van der Waals surface area (Å²) in [6.07, 6.45) is 7.38.